The summed E-state index contributed by atoms with van der Waals surface area (Å²) >= 11 is 0. The second-order valence-corrected chi connectivity index (χ2v) is 5.18. The fraction of sp³-hybridized carbons (Fsp3) is 0.462. The average molecular weight is 248 g/mol. The number of fused-ring (bicyclic) bond motifs is 2. The van der Waals surface area contributed by atoms with E-state index in [4.69, 9.17) is 15.6 Å². The Balaban J connectivity index is 1.77. The fourth-order valence-electron chi connectivity index (χ4n) is 2.98. The van der Waals surface area contributed by atoms with Gasteiger partial charge in [-0.2, -0.15) is 0 Å². The summed E-state index contributed by atoms with van der Waals surface area (Å²) in [5.74, 6) is 0. The van der Waals surface area contributed by atoms with Gasteiger partial charge in [-0.05, 0) is 17.7 Å². The number of nitrogens with two attached hydrogens (primary N) is 1. The van der Waals surface area contributed by atoms with Gasteiger partial charge in [-0.3, -0.25) is 0 Å². The van der Waals surface area contributed by atoms with Gasteiger partial charge in [-0.1, -0.05) is 12.1 Å². The lowest BCUT2D eigenvalue weighted by Crippen LogP contribution is -2.46. The Hall–Kier alpha value is -1.75. The van der Waals surface area contributed by atoms with Crippen LogP contribution in [0.2, 0.25) is 0 Å². The van der Waals surface area contributed by atoms with E-state index in [-0.39, 0.29) is 11.6 Å². The van der Waals surface area contributed by atoms with Gasteiger partial charge in [-0.15, -0.1) is 0 Å². The van der Waals surface area contributed by atoms with Crippen LogP contribution in [0.3, 0.4) is 0 Å². The molecule has 0 aliphatic carbocycles. The number of hydrogen-bond donors (Lipinski definition) is 2. The second-order valence-electron chi connectivity index (χ2n) is 5.18. The van der Waals surface area contributed by atoms with Crippen molar-refractivity contribution in [3.05, 3.63) is 29.8 Å². The molecule has 2 bridgehead atoms. The highest BCUT2D eigenvalue weighted by Gasteiger charge is 2.52. The number of carboxylic acid groups (broad SMARTS) is 1. The van der Waals surface area contributed by atoms with Crippen molar-refractivity contribution in [2.24, 2.45) is 0 Å². The number of amides is 1. The molecule has 2 heterocycles. The molecule has 0 unspecified atom stereocenters. The minimum Gasteiger partial charge on any atom is -0.465 e. The van der Waals surface area contributed by atoms with Gasteiger partial charge in [0.1, 0.15) is 0 Å². The highest BCUT2D eigenvalue weighted by atomic mass is 16.5. The lowest BCUT2D eigenvalue weighted by atomic mass is 9.93. The monoisotopic (exact) mass is 248 g/mol. The quantitative estimate of drug-likeness (QED) is 0.774. The second kappa shape index (κ2) is 3.88. The van der Waals surface area contributed by atoms with Crippen LogP contribution in [0.5, 0.6) is 0 Å². The van der Waals surface area contributed by atoms with Crippen LogP contribution in [-0.2, 0) is 11.2 Å². The van der Waals surface area contributed by atoms with Crippen LogP contribution < -0.4 is 5.73 Å². The number of likely N-dealkylation sites (tertiary alicyclic amines) is 1. The van der Waals surface area contributed by atoms with Gasteiger partial charge in [0.2, 0.25) is 0 Å². The minimum atomic E-state index is -0.845. The molecule has 0 saturated carbocycles. The third kappa shape index (κ3) is 1.80. The molecule has 1 amide bonds. The molecule has 5 heteroatoms. The maximum Gasteiger partial charge on any atom is 0.407 e. The van der Waals surface area contributed by atoms with Gasteiger partial charge in [0, 0.05) is 18.5 Å². The zero-order valence-electron chi connectivity index (χ0n) is 10.0. The Morgan fingerprint density at radius 2 is 2.22 bits per heavy atom. The molecule has 96 valence electrons. The molecule has 2 atom stereocenters. The summed E-state index contributed by atoms with van der Waals surface area (Å²) in [7, 11) is 0. The first-order valence-corrected chi connectivity index (χ1v) is 6.06. The summed E-state index contributed by atoms with van der Waals surface area (Å²) in [6, 6.07) is 7.70. The largest absolute Gasteiger partial charge is 0.465 e. The van der Waals surface area contributed by atoms with Crippen LogP contribution in [0, 0.1) is 0 Å². The molecule has 0 radical (unpaired) electrons. The van der Waals surface area contributed by atoms with Gasteiger partial charge in [-0.25, -0.2) is 4.79 Å². The van der Waals surface area contributed by atoms with Crippen molar-refractivity contribution < 1.29 is 14.6 Å². The van der Waals surface area contributed by atoms with Crippen molar-refractivity contribution in [3.8, 4) is 0 Å². The van der Waals surface area contributed by atoms with Crippen LogP contribution in [0.25, 0.3) is 0 Å². The van der Waals surface area contributed by atoms with Crippen LogP contribution in [-0.4, -0.2) is 40.9 Å². The van der Waals surface area contributed by atoms with E-state index in [0.29, 0.717) is 13.2 Å². The predicted molar refractivity (Wildman–Crippen MR) is 66.4 cm³/mol. The maximum atomic E-state index is 11.1. The molecule has 2 aliphatic rings. The molecule has 1 aromatic rings. The maximum absolute atomic E-state index is 11.1. The van der Waals surface area contributed by atoms with Crippen molar-refractivity contribution in [2.75, 3.05) is 18.9 Å². The third-order valence-electron chi connectivity index (χ3n) is 3.84. The molecular weight excluding hydrogens is 232 g/mol. The highest BCUT2D eigenvalue weighted by molar-refractivity contribution is 5.66. The van der Waals surface area contributed by atoms with E-state index in [1.807, 2.05) is 24.3 Å². The Bertz CT molecular complexity index is 474. The number of ether oxygens (including phenoxy) is 1. The minimum absolute atomic E-state index is 0.0243. The van der Waals surface area contributed by atoms with E-state index in [2.05, 4.69) is 0 Å². The fourth-order valence-corrected chi connectivity index (χ4v) is 2.98. The van der Waals surface area contributed by atoms with Crippen molar-refractivity contribution in [3.63, 3.8) is 0 Å². The van der Waals surface area contributed by atoms with E-state index < -0.39 is 6.09 Å². The molecule has 2 saturated heterocycles. The summed E-state index contributed by atoms with van der Waals surface area (Å²) in [6.45, 7) is 0.985. The highest BCUT2D eigenvalue weighted by Crippen LogP contribution is 2.39. The molecule has 3 rings (SSSR count). The van der Waals surface area contributed by atoms with Gasteiger partial charge < -0.3 is 20.5 Å². The van der Waals surface area contributed by atoms with Crippen LogP contribution >= 0.6 is 0 Å². The summed E-state index contributed by atoms with van der Waals surface area (Å²) in [4.78, 5) is 12.6. The Kier molecular flexibility index (Phi) is 2.45. The van der Waals surface area contributed by atoms with Crippen LogP contribution in [0.1, 0.15) is 12.0 Å². The van der Waals surface area contributed by atoms with Crippen molar-refractivity contribution in [2.45, 2.75) is 24.5 Å². The molecule has 0 aromatic heterocycles. The smallest absolute Gasteiger partial charge is 0.407 e. The Labute approximate surface area is 105 Å². The Morgan fingerprint density at radius 1 is 1.50 bits per heavy atom. The van der Waals surface area contributed by atoms with Crippen molar-refractivity contribution in [1.82, 2.24) is 4.90 Å². The first kappa shape index (κ1) is 11.3. The molecule has 18 heavy (non-hydrogen) atoms. The van der Waals surface area contributed by atoms with Gasteiger partial charge >= 0.3 is 6.09 Å². The van der Waals surface area contributed by atoms with E-state index in [1.165, 1.54) is 4.90 Å². The number of nitrogen functional groups attached to an aromatic ring is 1. The number of hydrogen-bond acceptors (Lipinski definition) is 3. The summed E-state index contributed by atoms with van der Waals surface area (Å²) < 4.78 is 5.82. The normalized spacial score (nSPS) is 29.8. The standard InChI is InChI=1S/C13H16N2O3/c14-10-3-1-9(2-4-10)5-13-6-11(7-18-13)15(8-13)12(16)17/h1-4,11H,5-8,14H2,(H,16,17)/t11-,13-/m1/s1. The molecular formula is C13H16N2O3. The van der Waals surface area contributed by atoms with Gasteiger partial charge in [0.05, 0.1) is 24.8 Å². The first-order chi connectivity index (χ1) is 8.58. The number of morpholine rings is 1. The molecule has 1 aromatic carbocycles. The predicted octanol–water partition coefficient (Wildman–Crippen LogP) is 1.33. The van der Waals surface area contributed by atoms with E-state index >= 15 is 0 Å². The third-order valence-corrected chi connectivity index (χ3v) is 3.84. The Morgan fingerprint density at radius 3 is 2.83 bits per heavy atom. The number of rotatable bonds is 2. The number of anilines is 1. The van der Waals surface area contributed by atoms with E-state index in [0.717, 1.165) is 24.1 Å². The topological polar surface area (TPSA) is 75.8 Å². The zero-order valence-corrected chi connectivity index (χ0v) is 10.0. The van der Waals surface area contributed by atoms with Crippen molar-refractivity contribution >= 4 is 11.8 Å². The molecule has 0 spiro atoms. The molecule has 5 nitrogen and oxygen atoms in total. The summed E-state index contributed by atoms with van der Waals surface area (Å²) in [5, 5.41) is 9.11. The molecule has 2 aliphatic heterocycles. The van der Waals surface area contributed by atoms with Crippen LogP contribution in [0.4, 0.5) is 10.5 Å². The molecule has 2 fully saturated rings. The zero-order chi connectivity index (χ0) is 12.8. The molecule has 3 N–H and O–H groups in total. The lowest BCUT2D eigenvalue weighted by Gasteiger charge is -2.31. The first-order valence-electron chi connectivity index (χ1n) is 6.06. The van der Waals surface area contributed by atoms with E-state index in [1.54, 1.807) is 0 Å². The van der Waals surface area contributed by atoms with E-state index in [9.17, 15) is 4.79 Å². The van der Waals surface area contributed by atoms with Gasteiger partial charge in [0.15, 0.2) is 0 Å². The average Bonchev–Trinajstić information content (AvgIpc) is 2.90. The summed E-state index contributed by atoms with van der Waals surface area (Å²) in [6.07, 6.45) is 0.694. The SMILES string of the molecule is Nc1ccc(C[C@]23C[C@H](CO2)N(C(=O)O)C3)cc1. The number of nitrogens with zero attached hydrogens (tertiary/aromatic N) is 1. The summed E-state index contributed by atoms with van der Waals surface area (Å²) in [5.41, 5.74) is 7.19. The van der Waals surface area contributed by atoms with Gasteiger partial charge in [0.25, 0.3) is 0 Å². The lowest BCUT2D eigenvalue weighted by molar-refractivity contribution is -0.0386. The van der Waals surface area contributed by atoms with Crippen molar-refractivity contribution in [1.29, 1.82) is 0 Å². The van der Waals surface area contributed by atoms with Crippen LogP contribution in [0.15, 0.2) is 24.3 Å². The number of benzene rings is 1. The number of carbonyl (C=O) groups is 1.